The third-order valence-electron chi connectivity index (χ3n) is 4.85. The van der Waals surface area contributed by atoms with E-state index in [1.54, 1.807) is 47.4 Å². The van der Waals surface area contributed by atoms with Gasteiger partial charge in [0.2, 0.25) is 5.91 Å². The van der Waals surface area contributed by atoms with E-state index in [1.807, 2.05) is 0 Å². The van der Waals surface area contributed by atoms with Gasteiger partial charge in [0.25, 0.3) is 0 Å². The molecule has 1 aliphatic rings. The van der Waals surface area contributed by atoms with Crippen LogP contribution in [0.25, 0.3) is 0 Å². The standard InChI is InChI=1S/C23H25Cl2NO5/c1-16(27)21-13-18(25)6-9-22(21)31-15-20-14-26(10-12-30-20)23(28)3-2-11-29-19-7-4-17(24)5-8-19/h4-9,13,20H,2-3,10-12,14-15H2,1H3. The molecule has 0 bridgehead atoms. The molecule has 2 aromatic rings. The molecule has 1 aliphatic heterocycles. The van der Waals surface area contributed by atoms with Crippen molar-refractivity contribution in [1.82, 2.24) is 4.90 Å². The molecule has 0 N–H and O–H groups in total. The number of hydrogen-bond acceptors (Lipinski definition) is 5. The van der Waals surface area contributed by atoms with Crippen molar-refractivity contribution < 1.29 is 23.8 Å². The molecule has 31 heavy (non-hydrogen) atoms. The van der Waals surface area contributed by atoms with Gasteiger partial charge in [-0.3, -0.25) is 9.59 Å². The Morgan fingerprint density at radius 1 is 1.10 bits per heavy atom. The van der Waals surface area contributed by atoms with Crippen LogP contribution in [0.1, 0.15) is 30.1 Å². The summed E-state index contributed by atoms with van der Waals surface area (Å²) in [5.74, 6) is 1.12. The van der Waals surface area contributed by atoms with E-state index in [2.05, 4.69) is 0 Å². The van der Waals surface area contributed by atoms with Crippen molar-refractivity contribution in [2.75, 3.05) is 32.9 Å². The minimum Gasteiger partial charge on any atom is -0.494 e. The summed E-state index contributed by atoms with van der Waals surface area (Å²) in [5, 5.41) is 1.13. The molecule has 0 spiro atoms. The molecule has 0 radical (unpaired) electrons. The maximum Gasteiger partial charge on any atom is 0.222 e. The highest BCUT2D eigenvalue weighted by atomic mass is 35.5. The number of nitrogens with zero attached hydrogens (tertiary/aromatic N) is 1. The van der Waals surface area contributed by atoms with Gasteiger partial charge in [0.15, 0.2) is 5.78 Å². The maximum atomic E-state index is 12.6. The molecule has 2 aromatic carbocycles. The molecule has 0 aromatic heterocycles. The first-order valence-electron chi connectivity index (χ1n) is 10.1. The minimum absolute atomic E-state index is 0.0592. The van der Waals surface area contributed by atoms with Gasteiger partial charge in [-0.2, -0.15) is 0 Å². The van der Waals surface area contributed by atoms with Gasteiger partial charge in [-0.05, 0) is 55.8 Å². The van der Waals surface area contributed by atoms with Crippen LogP contribution in [0.2, 0.25) is 10.0 Å². The lowest BCUT2D eigenvalue weighted by molar-refractivity contribution is -0.140. The van der Waals surface area contributed by atoms with Gasteiger partial charge in [-0.25, -0.2) is 0 Å². The van der Waals surface area contributed by atoms with Gasteiger partial charge in [-0.1, -0.05) is 23.2 Å². The number of benzene rings is 2. The van der Waals surface area contributed by atoms with Crippen LogP contribution in [-0.4, -0.2) is 55.6 Å². The van der Waals surface area contributed by atoms with Crippen LogP contribution >= 0.6 is 23.2 Å². The van der Waals surface area contributed by atoms with Crippen LogP contribution in [0.5, 0.6) is 11.5 Å². The van der Waals surface area contributed by atoms with E-state index in [0.29, 0.717) is 60.5 Å². The number of ether oxygens (including phenoxy) is 3. The van der Waals surface area contributed by atoms with Gasteiger partial charge >= 0.3 is 0 Å². The van der Waals surface area contributed by atoms with Crippen molar-refractivity contribution in [2.45, 2.75) is 25.9 Å². The lowest BCUT2D eigenvalue weighted by Gasteiger charge is -2.33. The van der Waals surface area contributed by atoms with Crippen LogP contribution in [-0.2, 0) is 9.53 Å². The van der Waals surface area contributed by atoms with E-state index in [9.17, 15) is 9.59 Å². The van der Waals surface area contributed by atoms with Crippen molar-refractivity contribution in [2.24, 2.45) is 0 Å². The third-order valence-corrected chi connectivity index (χ3v) is 5.34. The van der Waals surface area contributed by atoms with E-state index in [1.165, 1.54) is 6.92 Å². The van der Waals surface area contributed by atoms with E-state index in [4.69, 9.17) is 37.4 Å². The van der Waals surface area contributed by atoms with Gasteiger partial charge in [0.1, 0.15) is 24.2 Å². The predicted octanol–water partition coefficient (Wildman–Crippen LogP) is 4.66. The summed E-state index contributed by atoms with van der Waals surface area (Å²) >= 11 is 11.8. The van der Waals surface area contributed by atoms with Crippen LogP contribution in [0, 0.1) is 0 Å². The first-order valence-corrected chi connectivity index (χ1v) is 10.9. The maximum absolute atomic E-state index is 12.6. The summed E-state index contributed by atoms with van der Waals surface area (Å²) in [4.78, 5) is 26.1. The predicted molar refractivity (Wildman–Crippen MR) is 119 cm³/mol. The lowest BCUT2D eigenvalue weighted by Crippen LogP contribution is -2.47. The number of morpholine rings is 1. The quantitative estimate of drug-likeness (QED) is 0.397. The van der Waals surface area contributed by atoms with E-state index in [0.717, 1.165) is 5.75 Å². The van der Waals surface area contributed by atoms with Crippen LogP contribution in [0.15, 0.2) is 42.5 Å². The second-order valence-corrected chi connectivity index (χ2v) is 8.12. The molecule has 1 saturated heterocycles. The first kappa shape index (κ1) is 23.4. The molecule has 6 nitrogen and oxygen atoms in total. The summed E-state index contributed by atoms with van der Waals surface area (Å²) < 4.78 is 17.2. The first-order chi connectivity index (χ1) is 14.9. The molecular formula is C23H25Cl2NO5. The molecule has 1 unspecified atom stereocenters. The van der Waals surface area contributed by atoms with Crippen LogP contribution in [0.4, 0.5) is 0 Å². The lowest BCUT2D eigenvalue weighted by atomic mass is 10.1. The van der Waals surface area contributed by atoms with Crippen molar-refractivity contribution in [3.8, 4) is 11.5 Å². The molecule has 1 atom stereocenters. The third kappa shape index (κ3) is 7.13. The number of Topliss-reactive ketones (excluding diaryl/α,β-unsaturated/α-hetero) is 1. The summed E-state index contributed by atoms with van der Waals surface area (Å²) in [6.07, 6.45) is 0.748. The number of amides is 1. The summed E-state index contributed by atoms with van der Waals surface area (Å²) in [6.45, 7) is 3.60. The zero-order valence-corrected chi connectivity index (χ0v) is 18.8. The summed E-state index contributed by atoms with van der Waals surface area (Å²) in [6, 6.07) is 12.1. The molecule has 8 heteroatoms. The minimum atomic E-state index is -0.265. The molecule has 0 aliphatic carbocycles. The number of hydrogen-bond donors (Lipinski definition) is 0. The second kappa shape index (κ2) is 11.4. The van der Waals surface area contributed by atoms with Crippen molar-refractivity contribution in [1.29, 1.82) is 0 Å². The number of halogens is 2. The second-order valence-electron chi connectivity index (χ2n) is 7.25. The van der Waals surface area contributed by atoms with Crippen molar-refractivity contribution in [3.63, 3.8) is 0 Å². The van der Waals surface area contributed by atoms with E-state index in [-0.39, 0.29) is 24.4 Å². The smallest absolute Gasteiger partial charge is 0.222 e. The monoisotopic (exact) mass is 465 g/mol. The number of carbonyl (C=O) groups excluding carboxylic acids is 2. The fourth-order valence-electron chi connectivity index (χ4n) is 3.23. The Kier molecular flexibility index (Phi) is 8.58. The van der Waals surface area contributed by atoms with Crippen LogP contribution < -0.4 is 9.47 Å². The summed E-state index contributed by atoms with van der Waals surface area (Å²) in [5.41, 5.74) is 0.428. The molecule has 1 amide bonds. The molecule has 1 fully saturated rings. The van der Waals surface area contributed by atoms with E-state index < -0.39 is 0 Å². The normalized spacial score (nSPS) is 16.1. The highest BCUT2D eigenvalue weighted by Gasteiger charge is 2.25. The molecular weight excluding hydrogens is 441 g/mol. The Bertz CT molecular complexity index is 903. The Hall–Kier alpha value is -2.28. The zero-order chi connectivity index (χ0) is 22.2. The number of carbonyl (C=O) groups is 2. The Morgan fingerprint density at radius 3 is 2.58 bits per heavy atom. The highest BCUT2D eigenvalue weighted by Crippen LogP contribution is 2.24. The van der Waals surface area contributed by atoms with Crippen LogP contribution in [0.3, 0.4) is 0 Å². The van der Waals surface area contributed by atoms with Gasteiger partial charge < -0.3 is 19.1 Å². The van der Waals surface area contributed by atoms with Crippen molar-refractivity contribution in [3.05, 3.63) is 58.1 Å². The Balaban J connectivity index is 1.43. The number of ketones is 1. The topological polar surface area (TPSA) is 65.1 Å². The van der Waals surface area contributed by atoms with Crippen molar-refractivity contribution >= 4 is 34.9 Å². The Labute approximate surface area is 192 Å². The van der Waals surface area contributed by atoms with Gasteiger partial charge in [-0.15, -0.1) is 0 Å². The largest absolute Gasteiger partial charge is 0.494 e. The molecule has 1 heterocycles. The van der Waals surface area contributed by atoms with Gasteiger partial charge in [0, 0.05) is 23.0 Å². The zero-order valence-electron chi connectivity index (χ0n) is 17.3. The SMILES string of the molecule is CC(=O)c1cc(Cl)ccc1OCC1CN(C(=O)CCCOc2ccc(Cl)cc2)CCO1. The molecule has 166 valence electrons. The fraction of sp³-hybridized carbons (Fsp3) is 0.391. The Morgan fingerprint density at radius 2 is 1.84 bits per heavy atom. The average Bonchev–Trinajstić information content (AvgIpc) is 2.77. The fourth-order valence-corrected chi connectivity index (χ4v) is 3.53. The van der Waals surface area contributed by atoms with Gasteiger partial charge in [0.05, 0.1) is 25.3 Å². The molecule has 3 rings (SSSR count). The molecule has 0 saturated carbocycles. The average molecular weight is 466 g/mol. The van der Waals surface area contributed by atoms with E-state index >= 15 is 0 Å². The summed E-state index contributed by atoms with van der Waals surface area (Å²) in [7, 11) is 0. The number of rotatable bonds is 9. The highest BCUT2D eigenvalue weighted by molar-refractivity contribution is 6.31.